The van der Waals surface area contributed by atoms with Crippen molar-refractivity contribution in [3.8, 4) is 6.07 Å². The molecule has 0 fully saturated rings. The summed E-state index contributed by atoms with van der Waals surface area (Å²) in [6.45, 7) is 0. The lowest BCUT2D eigenvalue weighted by Gasteiger charge is -2.00. The molecule has 0 radical (unpaired) electrons. The molecular formula is C7H5N3O3. The van der Waals surface area contributed by atoms with E-state index in [0.29, 0.717) is 0 Å². The quantitative estimate of drug-likeness (QED) is 0.526. The van der Waals surface area contributed by atoms with E-state index in [-0.39, 0.29) is 11.3 Å². The van der Waals surface area contributed by atoms with Gasteiger partial charge in [-0.2, -0.15) is 5.26 Å². The van der Waals surface area contributed by atoms with Crippen LogP contribution in [-0.2, 0) is 0 Å². The van der Waals surface area contributed by atoms with E-state index in [9.17, 15) is 10.1 Å². The van der Waals surface area contributed by atoms with Gasteiger partial charge in [-0.1, -0.05) is 6.07 Å². The highest BCUT2D eigenvalue weighted by atomic mass is 16.6. The van der Waals surface area contributed by atoms with E-state index in [4.69, 9.17) is 10.5 Å². The molecule has 0 spiro atoms. The van der Waals surface area contributed by atoms with Crippen molar-refractivity contribution in [1.82, 2.24) is 0 Å². The van der Waals surface area contributed by atoms with Crippen molar-refractivity contribution in [2.75, 3.05) is 5.48 Å². The van der Waals surface area contributed by atoms with Crippen molar-refractivity contribution in [1.29, 1.82) is 5.26 Å². The Balaban J connectivity index is 3.41. The van der Waals surface area contributed by atoms with E-state index >= 15 is 0 Å². The SMILES string of the molecule is N#Cc1cccc(NO)c1[N+](=O)[O-]. The first-order valence-corrected chi connectivity index (χ1v) is 3.28. The summed E-state index contributed by atoms with van der Waals surface area (Å²) in [6, 6.07) is 5.70. The summed E-state index contributed by atoms with van der Waals surface area (Å²) in [5, 5.41) is 27.5. The van der Waals surface area contributed by atoms with Gasteiger partial charge in [0.15, 0.2) is 0 Å². The van der Waals surface area contributed by atoms with Gasteiger partial charge in [0.2, 0.25) is 0 Å². The summed E-state index contributed by atoms with van der Waals surface area (Å²) in [6.07, 6.45) is 0. The highest BCUT2D eigenvalue weighted by Gasteiger charge is 2.18. The van der Waals surface area contributed by atoms with Crippen molar-refractivity contribution in [3.05, 3.63) is 33.9 Å². The molecule has 0 aromatic heterocycles. The number of para-hydroxylation sites is 1. The lowest BCUT2D eigenvalue weighted by molar-refractivity contribution is -0.384. The summed E-state index contributed by atoms with van der Waals surface area (Å²) in [4.78, 5) is 9.74. The van der Waals surface area contributed by atoms with Gasteiger partial charge in [0.05, 0.1) is 4.92 Å². The molecule has 2 N–H and O–H groups in total. The van der Waals surface area contributed by atoms with Crippen LogP contribution in [0.2, 0.25) is 0 Å². The maximum Gasteiger partial charge on any atom is 0.312 e. The molecule has 1 aromatic rings. The zero-order valence-corrected chi connectivity index (χ0v) is 6.39. The molecule has 1 rings (SSSR count). The van der Waals surface area contributed by atoms with Crippen molar-refractivity contribution < 1.29 is 10.1 Å². The Morgan fingerprint density at radius 2 is 2.31 bits per heavy atom. The van der Waals surface area contributed by atoms with Crippen LogP contribution in [0.15, 0.2) is 18.2 Å². The predicted octanol–water partition coefficient (Wildman–Crippen LogP) is 1.27. The number of hydrogen-bond donors (Lipinski definition) is 2. The number of rotatable bonds is 2. The number of hydrogen-bond acceptors (Lipinski definition) is 5. The van der Waals surface area contributed by atoms with Crippen molar-refractivity contribution in [2.45, 2.75) is 0 Å². The molecule has 0 aliphatic heterocycles. The normalized spacial score (nSPS) is 8.92. The van der Waals surface area contributed by atoms with Gasteiger partial charge in [0.25, 0.3) is 0 Å². The van der Waals surface area contributed by atoms with Gasteiger partial charge in [0.1, 0.15) is 17.3 Å². The Bertz CT molecular complexity index is 383. The van der Waals surface area contributed by atoms with E-state index in [0.717, 1.165) is 0 Å². The summed E-state index contributed by atoms with van der Waals surface area (Å²) >= 11 is 0. The second-order valence-corrected chi connectivity index (χ2v) is 2.18. The summed E-state index contributed by atoms with van der Waals surface area (Å²) in [7, 11) is 0. The van der Waals surface area contributed by atoms with E-state index in [1.807, 2.05) is 0 Å². The van der Waals surface area contributed by atoms with Crippen LogP contribution in [0.3, 0.4) is 0 Å². The topological polar surface area (TPSA) is 99.2 Å². The zero-order valence-electron chi connectivity index (χ0n) is 6.39. The number of benzene rings is 1. The fourth-order valence-corrected chi connectivity index (χ4v) is 0.921. The molecule has 0 aliphatic rings. The van der Waals surface area contributed by atoms with Gasteiger partial charge in [-0.3, -0.25) is 20.8 Å². The monoisotopic (exact) mass is 179 g/mol. The van der Waals surface area contributed by atoms with Crippen molar-refractivity contribution in [2.24, 2.45) is 0 Å². The number of nitriles is 1. The smallest absolute Gasteiger partial charge is 0.291 e. The van der Waals surface area contributed by atoms with Gasteiger partial charge in [-0.15, -0.1) is 0 Å². The first-order chi connectivity index (χ1) is 6.20. The van der Waals surface area contributed by atoms with E-state index in [2.05, 4.69) is 0 Å². The Labute approximate surface area is 73.1 Å². The van der Waals surface area contributed by atoms with Crippen LogP contribution in [0.4, 0.5) is 11.4 Å². The molecule has 0 bridgehead atoms. The highest BCUT2D eigenvalue weighted by Crippen LogP contribution is 2.27. The zero-order chi connectivity index (χ0) is 9.84. The average molecular weight is 179 g/mol. The molecule has 0 unspecified atom stereocenters. The summed E-state index contributed by atoms with van der Waals surface area (Å²) in [5.41, 5.74) is 1.05. The molecule has 0 atom stereocenters. The van der Waals surface area contributed by atoms with Crippen molar-refractivity contribution in [3.63, 3.8) is 0 Å². The third-order valence-corrected chi connectivity index (χ3v) is 1.46. The largest absolute Gasteiger partial charge is 0.312 e. The first-order valence-electron chi connectivity index (χ1n) is 3.28. The fraction of sp³-hybridized carbons (Fsp3) is 0. The van der Waals surface area contributed by atoms with Crippen LogP contribution in [-0.4, -0.2) is 10.1 Å². The fourth-order valence-electron chi connectivity index (χ4n) is 0.921. The molecule has 1 aromatic carbocycles. The lowest BCUT2D eigenvalue weighted by atomic mass is 10.2. The van der Waals surface area contributed by atoms with Gasteiger partial charge in [-0.25, -0.2) is 0 Å². The van der Waals surface area contributed by atoms with Crippen LogP contribution in [0.5, 0.6) is 0 Å². The first kappa shape index (κ1) is 8.96. The number of anilines is 1. The van der Waals surface area contributed by atoms with Gasteiger partial charge >= 0.3 is 5.69 Å². The highest BCUT2D eigenvalue weighted by molar-refractivity contribution is 5.67. The Morgan fingerprint density at radius 3 is 2.77 bits per heavy atom. The number of nitrogens with zero attached hydrogens (tertiary/aromatic N) is 2. The van der Waals surface area contributed by atoms with E-state index in [1.165, 1.54) is 18.2 Å². The molecule has 0 heterocycles. The molecule has 6 heteroatoms. The Kier molecular flexibility index (Phi) is 2.42. The maximum absolute atomic E-state index is 10.5. The van der Waals surface area contributed by atoms with Gasteiger partial charge < -0.3 is 0 Å². The minimum atomic E-state index is -0.725. The molecule has 6 nitrogen and oxygen atoms in total. The predicted molar refractivity (Wildman–Crippen MR) is 43.2 cm³/mol. The van der Waals surface area contributed by atoms with Crippen LogP contribution in [0.1, 0.15) is 5.56 Å². The second kappa shape index (κ2) is 3.51. The van der Waals surface area contributed by atoms with Crippen LogP contribution >= 0.6 is 0 Å². The van der Waals surface area contributed by atoms with Crippen molar-refractivity contribution >= 4 is 11.4 Å². The molecule has 0 saturated heterocycles. The number of nitrogens with one attached hydrogen (secondary N) is 1. The molecule has 0 saturated carbocycles. The maximum atomic E-state index is 10.5. The Morgan fingerprint density at radius 1 is 1.62 bits per heavy atom. The third kappa shape index (κ3) is 1.55. The molecule has 66 valence electrons. The molecule has 0 aliphatic carbocycles. The standard InChI is InChI=1S/C7H5N3O3/c8-4-5-2-1-3-6(9-11)7(5)10(12)13/h1-3,9,11H. The average Bonchev–Trinajstić information content (AvgIpc) is 2.16. The number of nitro groups is 1. The van der Waals surface area contributed by atoms with Crippen LogP contribution in [0.25, 0.3) is 0 Å². The number of nitro benzene ring substituents is 1. The lowest BCUT2D eigenvalue weighted by Crippen LogP contribution is -1.99. The summed E-state index contributed by atoms with van der Waals surface area (Å²) in [5.74, 6) is 0. The molecular weight excluding hydrogens is 174 g/mol. The minimum Gasteiger partial charge on any atom is -0.291 e. The van der Waals surface area contributed by atoms with Crippen LogP contribution in [0, 0.1) is 21.4 Å². The van der Waals surface area contributed by atoms with E-state index < -0.39 is 10.6 Å². The van der Waals surface area contributed by atoms with E-state index in [1.54, 1.807) is 11.5 Å². The minimum absolute atomic E-state index is 0.0935. The molecule has 13 heavy (non-hydrogen) atoms. The third-order valence-electron chi connectivity index (χ3n) is 1.46. The summed E-state index contributed by atoms with van der Waals surface area (Å²) < 4.78 is 0. The van der Waals surface area contributed by atoms with Gasteiger partial charge in [0, 0.05) is 0 Å². The van der Waals surface area contributed by atoms with Crippen LogP contribution < -0.4 is 5.48 Å². The molecule has 0 amide bonds. The Hall–Kier alpha value is -2.13. The van der Waals surface area contributed by atoms with Gasteiger partial charge in [-0.05, 0) is 12.1 Å². The second-order valence-electron chi connectivity index (χ2n) is 2.18.